The molecule has 25 heavy (non-hydrogen) atoms. The summed E-state index contributed by atoms with van der Waals surface area (Å²) in [4.78, 5) is 8.39. The van der Waals surface area contributed by atoms with E-state index in [2.05, 4.69) is 15.1 Å². The van der Waals surface area contributed by atoms with Gasteiger partial charge in [0.25, 0.3) is 15.9 Å². The SMILES string of the molecule is Cn1cnc(S(=O)(=O)N2CCC(c3noc(-c4ccccc4)n3)C2)c1. The number of sulfonamides is 1. The standard InChI is InChI=1S/C16H17N5O3S/c1-20-10-14(17-11-20)25(22,23)21-8-7-13(9-21)15-18-16(24-19-15)12-5-3-2-4-6-12/h2-6,10-11,13H,7-9H2,1H3. The molecule has 1 fully saturated rings. The Morgan fingerprint density at radius 1 is 1.24 bits per heavy atom. The first-order chi connectivity index (χ1) is 12.0. The molecule has 1 saturated heterocycles. The van der Waals surface area contributed by atoms with E-state index in [0.29, 0.717) is 31.2 Å². The van der Waals surface area contributed by atoms with E-state index in [1.54, 1.807) is 11.6 Å². The van der Waals surface area contributed by atoms with Crippen LogP contribution in [0.4, 0.5) is 0 Å². The molecule has 0 N–H and O–H groups in total. The molecule has 130 valence electrons. The molecule has 9 heteroatoms. The molecule has 0 radical (unpaired) electrons. The van der Waals surface area contributed by atoms with Gasteiger partial charge in [0.15, 0.2) is 10.9 Å². The quantitative estimate of drug-likeness (QED) is 0.703. The predicted molar refractivity (Wildman–Crippen MR) is 89.1 cm³/mol. The normalized spacial score (nSPS) is 18.7. The van der Waals surface area contributed by atoms with Gasteiger partial charge >= 0.3 is 0 Å². The summed E-state index contributed by atoms with van der Waals surface area (Å²) < 4.78 is 33.6. The Balaban J connectivity index is 1.52. The molecule has 1 aromatic carbocycles. The average molecular weight is 359 g/mol. The minimum absolute atomic E-state index is 0.0636. The van der Waals surface area contributed by atoms with E-state index >= 15 is 0 Å². The van der Waals surface area contributed by atoms with Gasteiger partial charge in [-0.2, -0.15) is 9.29 Å². The number of nitrogens with zero attached hydrogens (tertiary/aromatic N) is 5. The maximum Gasteiger partial charge on any atom is 0.262 e. The fraction of sp³-hybridized carbons (Fsp3) is 0.312. The number of benzene rings is 1. The second-order valence-corrected chi connectivity index (χ2v) is 7.93. The molecule has 3 aromatic rings. The second-order valence-electron chi connectivity index (χ2n) is 6.05. The molecule has 0 aliphatic carbocycles. The van der Waals surface area contributed by atoms with Gasteiger partial charge in [-0.25, -0.2) is 13.4 Å². The van der Waals surface area contributed by atoms with Crippen molar-refractivity contribution in [1.29, 1.82) is 0 Å². The minimum Gasteiger partial charge on any atom is -0.339 e. The topological polar surface area (TPSA) is 94.1 Å². The van der Waals surface area contributed by atoms with Crippen molar-refractivity contribution in [3.8, 4) is 11.5 Å². The highest BCUT2D eigenvalue weighted by Gasteiger charge is 2.36. The zero-order valence-electron chi connectivity index (χ0n) is 13.6. The van der Waals surface area contributed by atoms with Gasteiger partial charge in [0.1, 0.15) is 0 Å². The molecule has 1 atom stereocenters. The molecule has 1 aliphatic heterocycles. The zero-order chi connectivity index (χ0) is 17.4. The molecule has 2 aromatic heterocycles. The minimum atomic E-state index is -3.59. The number of imidazole rings is 1. The molecular weight excluding hydrogens is 342 g/mol. The number of aryl methyl sites for hydroxylation is 1. The summed E-state index contributed by atoms with van der Waals surface area (Å²) in [7, 11) is -1.85. The lowest BCUT2D eigenvalue weighted by molar-refractivity contribution is 0.414. The Morgan fingerprint density at radius 2 is 2.04 bits per heavy atom. The van der Waals surface area contributed by atoms with Crippen LogP contribution in [-0.4, -0.2) is 45.5 Å². The van der Waals surface area contributed by atoms with Crippen LogP contribution in [0.2, 0.25) is 0 Å². The van der Waals surface area contributed by atoms with Crippen LogP contribution in [0.1, 0.15) is 18.2 Å². The monoisotopic (exact) mass is 359 g/mol. The van der Waals surface area contributed by atoms with Crippen LogP contribution in [0.15, 0.2) is 52.4 Å². The van der Waals surface area contributed by atoms with E-state index in [9.17, 15) is 8.42 Å². The Morgan fingerprint density at radius 3 is 2.76 bits per heavy atom. The Bertz CT molecular complexity index is 980. The smallest absolute Gasteiger partial charge is 0.262 e. The van der Waals surface area contributed by atoms with Gasteiger partial charge < -0.3 is 9.09 Å². The first-order valence-electron chi connectivity index (χ1n) is 7.91. The Hall–Kier alpha value is -2.52. The van der Waals surface area contributed by atoms with Crippen molar-refractivity contribution in [1.82, 2.24) is 24.0 Å². The molecule has 0 bridgehead atoms. The third-order valence-electron chi connectivity index (χ3n) is 4.26. The van der Waals surface area contributed by atoms with Crippen molar-refractivity contribution < 1.29 is 12.9 Å². The van der Waals surface area contributed by atoms with Crippen molar-refractivity contribution in [2.24, 2.45) is 7.05 Å². The van der Waals surface area contributed by atoms with Gasteiger partial charge in [-0.05, 0) is 18.6 Å². The summed E-state index contributed by atoms with van der Waals surface area (Å²) in [5.74, 6) is 0.902. The van der Waals surface area contributed by atoms with Crippen molar-refractivity contribution in [2.45, 2.75) is 17.4 Å². The van der Waals surface area contributed by atoms with Crippen LogP contribution in [-0.2, 0) is 17.1 Å². The van der Waals surface area contributed by atoms with Crippen LogP contribution < -0.4 is 0 Å². The van der Waals surface area contributed by atoms with Crippen molar-refractivity contribution in [2.75, 3.05) is 13.1 Å². The van der Waals surface area contributed by atoms with E-state index in [4.69, 9.17) is 4.52 Å². The lowest BCUT2D eigenvalue weighted by atomic mass is 10.1. The third-order valence-corrected chi connectivity index (χ3v) is 6.01. The maximum atomic E-state index is 12.6. The summed E-state index contributed by atoms with van der Waals surface area (Å²) in [6.45, 7) is 0.742. The van der Waals surface area contributed by atoms with Crippen LogP contribution >= 0.6 is 0 Å². The van der Waals surface area contributed by atoms with Gasteiger partial charge in [0.05, 0.1) is 6.33 Å². The lowest BCUT2D eigenvalue weighted by Gasteiger charge is -2.13. The summed E-state index contributed by atoms with van der Waals surface area (Å²) >= 11 is 0. The van der Waals surface area contributed by atoms with Crippen LogP contribution in [0.3, 0.4) is 0 Å². The van der Waals surface area contributed by atoms with Crippen molar-refractivity contribution in [3.63, 3.8) is 0 Å². The molecular formula is C16H17N5O3S. The largest absolute Gasteiger partial charge is 0.339 e. The maximum absolute atomic E-state index is 12.6. The molecule has 4 rings (SSSR count). The van der Waals surface area contributed by atoms with Gasteiger partial charge in [0, 0.05) is 37.8 Å². The van der Waals surface area contributed by atoms with Crippen molar-refractivity contribution in [3.05, 3.63) is 48.7 Å². The zero-order valence-corrected chi connectivity index (χ0v) is 14.4. The lowest BCUT2D eigenvalue weighted by Crippen LogP contribution is -2.29. The molecule has 0 saturated carbocycles. The fourth-order valence-corrected chi connectivity index (χ4v) is 4.38. The second kappa shape index (κ2) is 6.08. The highest BCUT2D eigenvalue weighted by atomic mass is 32.2. The summed E-state index contributed by atoms with van der Waals surface area (Å²) in [6, 6.07) is 9.50. The van der Waals surface area contributed by atoms with E-state index in [1.807, 2.05) is 30.3 Å². The summed E-state index contributed by atoms with van der Waals surface area (Å²) in [5, 5.41) is 4.10. The number of hydrogen-bond acceptors (Lipinski definition) is 6. The first-order valence-corrected chi connectivity index (χ1v) is 9.35. The summed E-state index contributed by atoms with van der Waals surface area (Å²) in [6.07, 6.45) is 3.64. The molecule has 8 nitrogen and oxygen atoms in total. The van der Waals surface area contributed by atoms with E-state index in [0.717, 1.165) is 5.56 Å². The number of hydrogen-bond donors (Lipinski definition) is 0. The van der Waals surface area contributed by atoms with Crippen LogP contribution in [0.25, 0.3) is 11.5 Å². The highest BCUT2D eigenvalue weighted by Crippen LogP contribution is 2.30. The fourth-order valence-electron chi connectivity index (χ4n) is 2.91. The predicted octanol–water partition coefficient (Wildman–Crippen LogP) is 1.65. The molecule has 1 aliphatic rings. The van der Waals surface area contributed by atoms with Crippen LogP contribution in [0, 0.1) is 0 Å². The molecule has 3 heterocycles. The van der Waals surface area contributed by atoms with Crippen LogP contribution in [0.5, 0.6) is 0 Å². The van der Waals surface area contributed by atoms with Crippen molar-refractivity contribution >= 4 is 10.0 Å². The number of aromatic nitrogens is 4. The van der Waals surface area contributed by atoms with E-state index in [-0.39, 0.29) is 10.9 Å². The van der Waals surface area contributed by atoms with Gasteiger partial charge in [-0.3, -0.25) is 0 Å². The molecule has 0 amide bonds. The molecule has 1 unspecified atom stereocenters. The highest BCUT2D eigenvalue weighted by molar-refractivity contribution is 7.89. The summed E-state index contributed by atoms with van der Waals surface area (Å²) in [5.41, 5.74) is 0.845. The van der Waals surface area contributed by atoms with Gasteiger partial charge in [-0.15, -0.1) is 0 Å². The molecule has 0 spiro atoms. The van der Waals surface area contributed by atoms with E-state index in [1.165, 1.54) is 16.8 Å². The third kappa shape index (κ3) is 2.96. The van der Waals surface area contributed by atoms with Gasteiger partial charge in [0.2, 0.25) is 0 Å². The Labute approximate surface area is 145 Å². The number of rotatable bonds is 4. The Kier molecular flexibility index (Phi) is 3.89. The van der Waals surface area contributed by atoms with E-state index < -0.39 is 10.0 Å². The average Bonchev–Trinajstić information content (AvgIpc) is 3.35. The first kappa shape index (κ1) is 16.0. The van der Waals surface area contributed by atoms with Gasteiger partial charge in [-0.1, -0.05) is 23.4 Å².